The SMILES string of the molecule is CN(CCCCc1nc(CCl)cs1)CCN1CCCC1. The maximum atomic E-state index is 5.77. The summed E-state index contributed by atoms with van der Waals surface area (Å²) >= 11 is 7.51. The molecule has 5 heteroatoms. The number of halogens is 1. The molecule has 2 rings (SSSR count). The monoisotopic (exact) mass is 315 g/mol. The molecule has 2 heterocycles. The number of likely N-dealkylation sites (tertiary alicyclic amines) is 1. The van der Waals surface area contributed by atoms with E-state index in [-0.39, 0.29) is 0 Å². The van der Waals surface area contributed by atoms with E-state index in [2.05, 4.69) is 27.2 Å². The van der Waals surface area contributed by atoms with Crippen LogP contribution in [0.1, 0.15) is 36.4 Å². The standard InChI is InChI=1S/C15H26ClN3S/c1-18(10-11-19-8-4-5-9-19)7-3-2-6-15-17-14(12-16)13-20-15/h13H,2-12H2,1H3. The topological polar surface area (TPSA) is 19.4 Å². The quantitative estimate of drug-likeness (QED) is 0.515. The molecule has 0 N–H and O–H groups in total. The van der Waals surface area contributed by atoms with Gasteiger partial charge in [-0.3, -0.25) is 0 Å². The number of hydrogen-bond acceptors (Lipinski definition) is 4. The molecular weight excluding hydrogens is 290 g/mol. The minimum Gasteiger partial charge on any atom is -0.305 e. The van der Waals surface area contributed by atoms with Crippen molar-refractivity contribution in [3.8, 4) is 0 Å². The molecule has 0 spiro atoms. The lowest BCUT2D eigenvalue weighted by Crippen LogP contribution is -2.32. The van der Waals surface area contributed by atoms with Gasteiger partial charge in [-0.1, -0.05) is 0 Å². The third-order valence-corrected chi connectivity index (χ3v) is 5.14. The largest absolute Gasteiger partial charge is 0.305 e. The number of likely N-dealkylation sites (N-methyl/N-ethyl adjacent to an activating group) is 1. The maximum Gasteiger partial charge on any atom is 0.0928 e. The van der Waals surface area contributed by atoms with Crippen molar-refractivity contribution in [2.24, 2.45) is 0 Å². The van der Waals surface area contributed by atoms with Crippen molar-refractivity contribution in [3.63, 3.8) is 0 Å². The van der Waals surface area contributed by atoms with Crippen LogP contribution >= 0.6 is 22.9 Å². The van der Waals surface area contributed by atoms with Crippen LogP contribution in [0.25, 0.3) is 0 Å². The van der Waals surface area contributed by atoms with E-state index < -0.39 is 0 Å². The molecule has 114 valence electrons. The lowest BCUT2D eigenvalue weighted by atomic mass is 10.2. The minimum absolute atomic E-state index is 0.537. The predicted molar refractivity (Wildman–Crippen MR) is 87.8 cm³/mol. The first-order valence-corrected chi connectivity index (χ1v) is 9.09. The zero-order chi connectivity index (χ0) is 14.2. The molecule has 1 aromatic rings. The van der Waals surface area contributed by atoms with Gasteiger partial charge in [0.1, 0.15) is 0 Å². The second-order valence-electron chi connectivity index (χ2n) is 5.68. The summed E-state index contributed by atoms with van der Waals surface area (Å²) in [5.74, 6) is 0.537. The Balaban J connectivity index is 1.51. The summed E-state index contributed by atoms with van der Waals surface area (Å²) in [6.45, 7) is 6.25. The smallest absolute Gasteiger partial charge is 0.0928 e. The third kappa shape index (κ3) is 5.68. The Morgan fingerprint density at radius 2 is 2.10 bits per heavy atom. The first kappa shape index (κ1) is 16.2. The Morgan fingerprint density at radius 1 is 1.30 bits per heavy atom. The van der Waals surface area contributed by atoms with Crippen LogP contribution in [0.4, 0.5) is 0 Å². The highest BCUT2D eigenvalue weighted by Crippen LogP contribution is 2.14. The number of alkyl halides is 1. The van der Waals surface area contributed by atoms with Gasteiger partial charge in [-0.2, -0.15) is 0 Å². The maximum absolute atomic E-state index is 5.77. The molecule has 3 nitrogen and oxygen atoms in total. The molecule has 1 fully saturated rings. The van der Waals surface area contributed by atoms with Gasteiger partial charge in [-0.05, 0) is 58.8 Å². The zero-order valence-electron chi connectivity index (χ0n) is 12.5. The number of aromatic nitrogens is 1. The van der Waals surface area contributed by atoms with Gasteiger partial charge >= 0.3 is 0 Å². The molecular formula is C15H26ClN3S. The van der Waals surface area contributed by atoms with Crippen molar-refractivity contribution in [2.75, 3.05) is 39.8 Å². The second-order valence-corrected chi connectivity index (χ2v) is 6.89. The number of aryl methyl sites for hydroxylation is 1. The molecule has 1 aliphatic heterocycles. The molecule has 0 radical (unpaired) electrons. The van der Waals surface area contributed by atoms with Crippen molar-refractivity contribution >= 4 is 22.9 Å². The zero-order valence-corrected chi connectivity index (χ0v) is 14.1. The summed E-state index contributed by atoms with van der Waals surface area (Å²) in [5.41, 5.74) is 1.02. The predicted octanol–water partition coefficient (Wildman–Crippen LogP) is 3.23. The normalized spacial score (nSPS) is 16.4. The van der Waals surface area contributed by atoms with E-state index in [1.54, 1.807) is 11.3 Å². The highest BCUT2D eigenvalue weighted by molar-refractivity contribution is 7.09. The summed E-state index contributed by atoms with van der Waals surface area (Å²) in [7, 11) is 2.24. The van der Waals surface area contributed by atoms with Crippen LogP contribution < -0.4 is 0 Å². The van der Waals surface area contributed by atoms with Gasteiger partial charge in [0.05, 0.1) is 16.6 Å². The Bertz CT molecular complexity index is 377. The van der Waals surface area contributed by atoms with Crippen LogP contribution in [0.15, 0.2) is 5.38 Å². The van der Waals surface area contributed by atoms with E-state index in [0.717, 1.165) is 12.1 Å². The highest BCUT2D eigenvalue weighted by Gasteiger charge is 2.11. The van der Waals surface area contributed by atoms with Gasteiger partial charge in [0.15, 0.2) is 0 Å². The lowest BCUT2D eigenvalue weighted by Gasteiger charge is -2.21. The van der Waals surface area contributed by atoms with E-state index in [1.165, 1.54) is 63.4 Å². The van der Waals surface area contributed by atoms with Gasteiger partial charge in [-0.25, -0.2) is 4.98 Å². The number of rotatable bonds is 9. The van der Waals surface area contributed by atoms with Crippen molar-refractivity contribution in [3.05, 3.63) is 16.1 Å². The Labute approximate surface area is 131 Å². The average Bonchev–Trinajstić information content (AvgIpc) is 3.12. The van der Waals surface area contributed by atoms with Gasteiger partial charge in [0.25, 0.3) is 0 Å². The first-order valence-electron chi connectivity index (χ1n) is 7.68. The van der Waals surface area contributed by atoms with Gasteiger partial charge < -0.3 is 9.80 Å². The molecule has 20 heavy (non-hydrogen) atoms. The number of thiazole rings is 1. The molecule has 1 saturated heterocycles. The molecule has 0 aliphatic carbocycles. The highest BCUT2D eigenvalue weighted by atomic mass is 35.5. The number of hydrogen-bond donors (Lipinski definition) is 0. The summed E-state index contributed by atoms with van der Waals surface area (Å²) in [6.07, 6.45) is 6.36. The summed E-state index contributed by atoms with van der Waals surface area (Å²) in [6, 6.07) is 0. The van der Waals surface area contributed by atoms with E-state index in [1.807, 2.05) is 0 Å². The molecule has 0 bridgehead atoms. The fraction of sp³-hybridized carbons (Fsp3) is 0.800. The van der Waals surface area contributed by atoms with Crippen LogP contribution in [0.3, 0.4) is 0 Å². The van der Waals surface area contributed by atoms with Crippen molar-refractivity contribution in [1.82, 2.24) is 14.8 Å². The van der Waals surface area contributed by atoms with E-state index in [9.17, 15) is 0 Å². The van der Waals surface area contributed by atoms with Crippen LogP contribution in [-0.2, 0) is 12.3 Å². The summed E-state index contributed by atoms with van der Waals surface area (Å²) in [4.78, 5) is 9.55. The van der Waals surface area contributed by atoms with Crippen LogP contribution in [0.5, 0.6) is 0 Å². The van der Waals surface area contributed by atoms with Crippen LogP contribution in [0.2, 0.25) is 0 Å². The fourth-order valence-electron chi connectivity index (χ4n) is 2.61. The van der Waals surface area contributed by atoms with E-state index in [0.29, 0.717) is 5.88 Å². The average molecular weight is 316 g/mol. The molecule has 0 unspecified atom stereocenters. The van der Waals surface area contributed by atoms with Gasteiger partial charge in [0.2, 0.25) is 0 Å². The molecule has 1 aromatic heterocycles. The van der Waals surface area contributed by atoms with Crippen molar-refractivity contribution in [2.45, 2.75) is 38.0 Å². The Kier molecular flexibility index (Phi) is 7.28. The van der Waals surface area contributed by atoms with Crippen molar-refractivity contribution in [1.29, 1.82) is 0 Å². The molecule has 0 aromatic carbocycles. The molecule has 0 atom stereocenters. The number of nitrogens with zero attached hydrogens (tertiary/aromatic N) is 3. The molecule has 1 aliphatic rings. The minimum atomic E-state index is 0.537. The summed E-state index contributed by atoms with van der Waals surface area (Å²) < 4.78 is 0. The Hall–Kier alpha value is -0.160. The third-order valence-electron chi connectivity index (χ3n) is 3.91. The van der Waals surface area contributed by atoms with Gasteiger partial charge in [-0.15, -0.1) is 22.9 Å². The van der Waals surface area contributed by atoms with Crippen LogP contribution in [-0.4, -0.2) is 54.6 Å². The van der Waals surface area contributed by atoms with Crippen molar-refractivity contribution < 1.29 is 0 Å². The van der Waals surface area contributed by atoms with Crippen LogP contribution in [0, 0.1) is 0 Å². The molecule has 0 saturated carbocycles. The lowest BCUT2D eigenvalue weighted by molar-refractivity contribution is 0.254. The van der Waals surface area contributed by atoms with Gasteiger partial charge in [0, 0.05) is 18.5 Å². The Morgan fingerprint density at radius 3 is 2.80 bits per heavy atom. The summed E-state index contributed by atoms with van der Waals surface area (Å²) in [5, 5.41) is 3.31. The first-order chi connectivity index (χ1) is 9.78. The second kappa shape index (κ2) is 8.98. The molecule has 0 amide bonds. The van der Waals surface area contributed by atoms with E-state index >= 15 is 0 Å². The fourth-order valence-corrected chi connectivity index (χ4v) is 3.68. The number of unbranched alkanes of at least 4 members (excludes halogenated alkanes) is 1. The van der Waals surface area contributed by atoms with E-state index in [4.69, 9.17) is 11.6 Å².